The van der Waals surface area contributed by atoms with E-state index in [1.807, 2.05) is 0 Å². The van der Waals surface area contributed by atoms with Gasteiger partial charge in [0.15, 0.2) is 17.6 Å². The van der Waals surface area contributed by atoms with Crippen LogP contribution < -0.4 is 19.5 Å². The van der Waals surface area contributed by atoms with Gasteiger partial charge in [-0.25, -0.2) is 4.39 Å². The van der Waals surface area contributed by atoms with Crippen molar-refractivity contribution in [3.8, 4) is 17.2 Å². The first kappa shape index (κ1) is 20.0. The van der Waals surface area contributed by atoms with E-state index in [2.05, 4.69) is 5.32 Å². The summed E-state index contributed by atoms with van der Waals surface area (Å²) in [7, 11) is 0. The molecule has 0 aliphatic carbocycles. The monoisotopic (exact) mass is 414 g/mol. The SMILES string of the molecule is C[C@H](Oc1ccc(F)cc1)C(=O)N1CCC(C(=O)Nc2ccc3c(c2)OCO3)CC1. The molecule has 2 aromatic rings. The molecule has 0 saturated carbocycles. The van der Waals surface area contributed by atoms with Gasteiger partial charge in [0.1, 0.15) is 11.6 Å². The minimum Gasteiger partial charge on any atom is -0.481 e. The van der Waals surface area contributed by atoms with Gasteiger partial charge in [-0.1, -0.05) is 0 Å². The zero-order valence-corrected chi connectivity index (χ0v) is 16.6. The van der Waals surface area contributed by atoms with Crippen LogP contribution in [0.4, 0.5) is 10.1 Å². The second kappa shape index (κ2) is 8.61. The number of hydrogen-bond donors (Lipinski definition) is 1. The molecule has 1 N–H and O–H groups in total. The summed E-state index contributed by atoms with van der Waals surface area (Å²) in [6.07, 6.45) is 0.464. The number of carbonyl (C=O) groups excluding carboxylic acids is 2. The lowest BCUT2D eigenvalue weighted by Crippen LogP contribution is -2.46. The van der Waals surface area contributed by atoms with Gasteiger partial charge in [-0.05, 0) is 56.2 Å². The van der Waals surface area contributed by atoms with E-state index < -0.39 is 6.10 Å². The standard InChI is InChI=1S/C22H23FN2O5/c1-14(30-18-5-2-16(23)3-6-18)22(27)25-10-8-15(9-11-25)21(26)24-17-4-7-19-20(12-17)29-13-28-19/h2-7,12,14-15H,8-11,13H2,1H3,(H,24,26)/t14-/m0/s1. The number of likely N-dealkylation sites (tertiary alicyclic amines) is 1. The Morgan fingerprint density at radius 3 is 2.53 bits per heavy atom. The number of nitrogens with zero attached hydrogens (tertiary/aromatic N) is 1. The molecular formula is C22H23FN2O5. The molecule has 1 fully saturated rings. The highest BCUT2D eigenvalue weighted by molar-refractivity contribution is 5.93. The van der Waals surface area contributed by atoms with Crippen molar-refractivity contribution in [2.75, 3.05) is 25.2 Å². The molecule has 8 heteroatoms. The van der Waals surface area contributed by atoms with Crippen molar-refractivity contribution in [2.45, 2.75) is 25.9 Å². The summed E-state index contributed by atoms with van der Waals surface area (Å²) in [6.45, 7) is 2.82. The van der Waals surface area contributed by atoms with Crippen LogP contribution in [-0.4, -0.2) is 42.7 Å². The van der Waals surface area contributed by atoms with Crippen molar-refractivity contribution in [1.82, 2.24) is 4.90 Å². The molecule has 0 radical (unpaired) electrons. The number of benzene rings is 2. The topological polar surface area (TPSA) is 77.1 Å². The van der Waals surface area contributed by atoms with Crippen LogP contribution >= 0.6 is 0 Å². The maximum atomic E-state index is 13.0. The molecule has 2 aliphatic heterocycles. The zero-order valence-electron chi connectivity index (χ0n) is 16.6. The molecule has 0 spiro atoms. The third-order valence-corrected chi connectivity index (χ3v) is 5.29. The first-order chi connectivity index (χ1) is 14.5. The molecular weight excluding hydrogens is 391 g/mol. The van der Waals surface area contributed by atoms with Crippen LogP contribution in [0.15, 0.2) is 42.5 Å². The molecule has 158 valence electrons. The first-order valence-corrected chi connectivity index (χ1v) is 9.91. The predicted molar refractivity (Wildman–Crippen MR) is 107 cm³/mol. The largest absolute Gasteiger partial charge is 0.481 e. The van der Waals surface area contributed by atoms with Gasteiger partial charge in [0.25, 0.3) is 5.91 Å². The number of halogens is 1. The maximum absolute atomic E-state index is 13.0. The third-order valence-electron chi connectivity index (χ3n) is 5.29. The first-order valence-electron chi connectivity index (χ1n) is 9.91. The van der Waals surface area contributed by atoms with Crippen LogP contribution in [-0.2, 0) is 9.59 Å². The molecule has 7 nitrogen and oxygen atoms in total. The van der Waals surface area contributed by atoms with Crippen molar-refractivity contribution in [1.29, 1.82) is 0 Å². The average Bonchev–Trinajstić information content (AvgIpc) is 3.23. The Bertz CT molecular complexity index is 926. The van der Waals surface area contributed by atoms with Crippen molar-refractivity contribution >= 4 is 17.5 Å². The molecule has 1 saturated heterocycles. The Morgan fingerprint density at radius 1 is 1.10 bits per heavy atom. The minimum atomic E-state index is -0.686. The summed E-state index contributed by atoms with van der Waals surface area (Å²) >= 11 is 0. The summed E-state index contributed by atoms with van der Waals surface area (Å²) in [5.41, 5.74) is 0.657. The lowest BCUT2D eigenvalue weighted by Gasteiger charge is -2.33. The molecule has 0 unspecified atom stereocenters. The van der Waals surface area contributed by atoms with E-state index in [-0.39, 0.29) is 30.3 Å². The quantitative estimate of drug-likeness (QED) is 0.813. The van der Waals surface area contributed by atoms with Gasteiger partial charge in [0.05, 0.1) is 0 Å². The van der Waals surface area contributed by atoms with Crippen LogP contribution in [0.1, 0.15) is 19.8 Å². The number of nitrogens with one attached hydrogen (secondary N) is 1. The maximum Gasteiger partial charge on any atom is 0.263 e. The van der Waals surface area contributed by atoms with Crippen LogP contribution in [0.3, 0.4) is 0 Å². The number of piperidine rings is 1. The van der Waals surface area contributed by atoms with Gasteiger partial charge in [-0.3, -0.25) is 9.59 Å². The van der Waals surface area contributed by atoms with Crippen LogP contribution in [0.2, 0.25) is 0 Å². The average molecular weight is 414 g/mol. The number of ether oxygens (including phenoxy) is 3. The number of anilines is 1. The summed E-state index contributed by atoms with van der Waals surface area (Å²) < 4.78 is 29.2. The normalized spacial score (nSPS) is 16.8. The van der Waals surface area contributed by atoms with Gasteiger partial charge < -0.3 is 24.4 Å². The van der Waals surface area contributed by atoms with E-state index in [1.54, 1.807) is 30.0 Å². The van der Waals surface area contributed by atoms with E-state index >= 15 is 0 Å². The number of hydrogen-bond acceptors (Lipinski definition) is 5. The Kier molecular flexibility index (Phi) is 5.74. The molecule has 4 rings (SSSR count). The molecule has 30 heavy (non-hydrogen) atoms. The van der Waals surface area contributed by atoms with Crippen molar-refractivity contribution in [3.05, 3.63) is 48.3 Å². The predicted octanol–water partition coefficient (Wildman–Crippen LogP) is 3.20. The second-order valence-electron chi connectivity index (χ2n) is 7.37. The third kappa shape index (κ3) is 4.48. The Morgan fingerprint density at radius 2 is 1.80 bits per heavy atom. The highest BCUT2D eigenvalue weighted by atomic mass is 19.1. The summed E-state index contributed by atoms with van der Waals surface area (Å²) in [5, 5.41) is 2.91. The van der Waals surface area contributed by atoms with Crippen LogP contribution in [0.5, 0.6) is 17.2 Å². The van der Waals surface area contributed by atoms with E-state index in [0.717, 1.165) is 0 Å². The lowest BCUT2D eigenvalue weighted by molar-refractivity contribution is -0.140. The van der Waals surface area contributed by atoms with Gasteiger partial charge in [-0.15, -0.1) is 0 Å². The van der Waals surface area contributed by atoms with Crippen molar-refractivity contribution in [3.63, 3.8) is 0 Å². The molecule has 2 amide bonds. The van der Waals surface area contributed by atoms with Crippen molar-refractivity contribution in [2.24, 2.45) is 5.92 Å². The Labute approximate surface area is 173 Å². The van der Waals surface area contributed by atoms with E-state index in [4.69, 9.17) is 14.2 Å². The Hall–Kier alpha value is -3.29. The van der Waals surface area contributed by atoms with Gasteiger partial charge in [0, 0.05) is 30.8 Å². The second-order valence-corrected chi connectivity index (χ2v) is 7.37. The fourth-order valence-corrected chi connectivity index (χ4v) is 3.61. The van der Waals surface area contributed by atoms with E-state index in [1.165, 1.54) is 24.3 Å². The molecule has 2 heterocycles. The Balaban J connectivity index is 1.27. The molecule has 0 aromatic heterocycles. The highest BCUT2D eigenvalue weighted by Crippen LogP contribution is 2.34. The highest BCUT2D eigenvalue weighted by Gasteiger charge is 2.30. The summed E-state index contributed by atoms with van der Waals surface area (Å²) in [6, 6.07) is 10.8. The van der Waals surface area contributed by atoms with E-state index in [0.29, 0.717) is 48.9 Å². The molecule has 2 aromatic carbocycles. The van der Waals surface area contributed by atoms with Gasteiger partial charge in [0.2, 0.25) is 12.7 Å². The number of fused-ring (bicyclic) bond motifs is 1. The van der Waals surface area contributed by atoms with E-state index in [9.17, 15) is 14.0 Å². The number of amides is 2. The fourth-order valence-electron chi connectivity index (χ4n) is 3.61. The van der Waals surface area contributed by atoms with Gasteiger partial charge >= 0.3 is 0 Å². The smallest absolute Gasteiger partial charge is 0.263 e. The summed E-state index contributed by atoms with van der Waals surface area (Å²) in [4.78, 5) is 27.0. The van der Waals surface area contributed by atoms with Crippen LogP contribution in [0, 0.1) is 11.7 Å². The molecule has 0 bridgehead atoms. The van der Waals surface area contributed by atoms with Crippen LogP contribution in [0.25, 0.3) is 0 Å². The zero-order chi connectivity index (χ0) is 21.1. The lowest BCUT2D eigenvalue weighted by atomic mass is 9.95. The fraction of sp³-hybridized carbons (Fsp3) is 0.364. The summed E-state index contributed by atoms with van der Waals surface area (Å²) in [5.74, 6) is 0.969. The minimum absolute atomic E-state index is 0.0726. The molecule has 1 atom stereocenters. The number of carbonyl (C=O) groups is 2. The molecule has 2 aliphatic rings. The number of rotatable bonds is 5. The van der Waals surface area contributed by atoms with Crippen molar-refractivity contribution < 1.29 is 28.2 Å². The van der Waals surface area contributed by atoms with Gasteiger partial charge in [-0.2, -0.15) is 0 Å².